The maximum absolute atomic E-state index is 11.5. The zero-order chi connectivity index (χ0) is 22.3. The third-order valence-corrected chi connectivity index (χ3v) is 4.68. The van der Waals surface area contributed by atoms with E-state index in [1.165, 1.54) is 7.11 Å². The Morgan fingerprint density at radius 2 is 1.73 bits per heavy atom. The van der Waals surface area contributed by atoms with E-state index in [1.54, 1.807) is 36.4 Å². The van der Waals surface area contributed by atoms with Crippen molar-refractivity contribution in [3.05, 3.63) is 57.6 Å². The molecule has 30 heavy (non-hydrogen) atoms. The first-order chi connectivity index (χ1) is 14.1. The molecule has 0 aliphatic carbocycles. The van der Waals surface area contributed by atoms with E-state index in [2.05, 4.69) is 30.8 Å². The van der Waals surface area contributed by atoms with Gasteiger partial charge in [-0.25, -0.2) is 4.79 Å². The number of ether oxygens (including phenoxy) is 2. The van der Waals surface area contributed by atoms with Crippen molar-refractivity contribution in [3.8, 4) is 11.5 Å². The lowest BCUT2D eigenvalue weighted by Gasteiger charge is -2.19. The normalized spacial score (nSPS) is 11.9. The van der Waals surface area contributed by atoms with Gasteiger partial charge in [0.2, 0.25) is 0 Å². The van der Waals surface area contributed by atoms with Crippen LogP contribution in [0, 0.1) is 5.41 Å². The van der Waals surface area contributed by atoms with E-state index in [4.69, 9.17) is 32.7 Å². The molecule has 0 saturated carbocycles. The highest BCUT2D eigenvalue weighted by atomic mass is 35.5. The molecule has 0 unspecified atom stereocenters. The maximum atomic E-state index is 11.5. The van der Waals surface area contributed by atoms with E-state index in [-0.39, 0.29) is 17.7 Å². The zero-order valence-electron chi connectivity index (χ0n) is 17.4. The van der Waals surface area contributed by atoms with E-state index in [0.29, 0.717) is 39.3 Å². The largest absolute Gasteiger partial charge is 0.490 e. The maximum Gasteiger partial charge on any atom is 0.358 e. The lowest BCUT2D eigenvalue weighted by molar-refractivity contribution is -0.129. The summed E-state index contributed by atoms with van der Waals surface area (Å²) in [5, 5.41) is 13.7. The molecule has 0 aliphatic heterocycles. The molecule has 0 radical (unpaired) electrons. The third-order valence-electron chi connectivity index (χ3n) is 4.12. The topological polar surface area (TPSA) is 77.4 Å². The van der Waals surface area contributed by atoms with E-state index in [1.807, 2.05) is 0 Å². The second-order valence-corrected chi connectivity index (χ2v) is 8.56. The Labute approximate surface area is 186 Å². The molecule has 0 fully saturated rings. The average Bonchev–Trinajstić information content (AvgIpc) is 2.66. The minimum absolute atomic E-state index is 0.0864. The second kappa shape index (κ2) is 10.5. The Balaban J connectivity index is 2.16. The predicted octanol–water partition coefficient (Wildman–Crippen LogP) is 5.82. The van der Waals surface area contributed by atoms with Crippen LogP contribution in [-0.2, 0) is 16.2 Å². The first-order valence-electron chi connectivity index (χ1n) is 9.29. The predicted molar refractivity (Wildman–Crippen MR) is 118 cm³/mol. The molecule has 0 aromatic heterocycles. The summed E-state index contributed by atoms with van der Waals surface area (Å²) in [5.41, 5.74) is 0.936. The van der Waals surface area contributed by atoms with E-state index >= 15 is 0 Å². The number of carbonyl (C=O) groups is 1. The van der Waals surface area contributed by atoms with Crippen LogP contribution in [-0.4, -0.2) is 30.5 Å². The van der Waals surface area contributed by atoms with Gasteiger partial charge in [0.05, 0.1) is 16.7 Å². The molecule has 0 atom stereocenters. The van der Waals surface area contributed by atoms with Gasteiger partial charge in [0.25, 0.3) is 0 Å². The molecule has 162 valence electrons. The van der Waals surface area contributed by atoms with Crippen molar-refractivity contribution in [1.82, 2.24) is 0 Å². The molecule has 0 saturated heterocycles. The fourth-order valence-corrected chi connectivity index (χ4v) is 3.13. The van der Waals surface area contributed by atoms with Crippen LogP contribution in [0.5, 0.6) is 11.5 Å². The zero-order valence-corrected chi connectivity index (χ0v) is 18.9. The summed E-state index contributed by atoms with van der Waals surface area (Å²) in [6, 6.07) is 10.1. The summed E-state index contributed by atoms with van der Waals surface area (Å²) in [6.07, 6.45) is 0.851. The summed E-state index contributed by atoms with van der Waals surface area (Å²) in [4.78, 5) is 16.1. The highest BCUT2D eigenvalue weighted by Crippen LogP contribution is 2.37. The highest BCUT2D eigenvalue weighted by Gasteiger charge is 2.18. The van der Waals surface area contributed by atoms with Gasteiger partial charge < -0.3 is 19.4 Å². The summed E-state index contributed by atoms with van der Waals surface area (Å²) < 4.78 is 11.6. The molecular weight excluding hydrogens is 429 g/mol. The fourth-order valence-electron chi connectivity index (χ4n) is 2.55. The van der Waals surface area contributed by atoms with Gasteiger partial charge in [-0.3, -0.25) is 0 Å². The number of hydrogen-bond donors (Lipinski definition) is 1. The quantitative estimate of drug-likeness (QED) is 0.382. The van der Waals surface area contributed by atoms with Gasteiger partial charge in [-0.1, -0.05) is 73.4 Å². The SMILES string of the molecule is CO/N=C(/C(=O)O)c1ccccc1COc1cc(Cl)c(OCCC(C)(C)C)c(Cl)c1. The lowest BCUT2D eigenvalue weighted by atomic mass is 9.93. The molecule has 2 aromatic rings. The summed E-state index contributed by atoms with van der Waals surface area (Å²) in [6.45, 7) is 6.96. The molecule has 2 rings (SSSR count). The Kier molecular flexibility index (Phi) is 8.38. The third kappa shape index (κ3) is 6.82. The molecule has 0 aliphatic rings. The van der Waals surface area contributed by atoms with Gasteiger partial charge >= 0.3 is 5.97 Å². The second-order valence-electron chi connectivity index (χ2n) is 7.75. The van der Waals surface area contributed by atoms with Crippen LogP contribution in [0.2, 0.25) is 10.0 Å². The number of aliphatic carboxylic acids is 1. The van der Waals surface area contributed by atoms with E-state index in [9.17, 15) is 9.90 Å². The number of benzene rings is 2. The van der Waals surface area contributed by atoms with Crippen molar-refractivity contribution in [2.75, 3.05) is 13.7 Å². The van der Waals surface area contributed by atoms with Crippen molar-refractivity contribution in [2.24, 2.45) is 10.6 Å². The molecule has 6 nitrogen and oxygen atoms in total. The summed E-state index contributed by atoms with van der Waals surface area (Å²) in [7, 11) is 1.29. The van der Waals surface area contributed by atoms with Gasteiger partial charge in [-0.15, -0.1) is 0 Å². The van der Waals surface area contributed by atoms with Crippen LogP contribution in [0.15, 0.2) is 41.6 Å². The van der Waals surface area contributed by atoms with E-state index in [0.717, 1.165) is 6.42 Å². The fraction of sp³-hybridized carbons (Fsp3) is 0.364. The van der Waals surface area contributed by atoms with Gasteiger partial charge in [-0.05, 0) is 17.4 Å². The molecule has 0 bridgehead atoms. The summed E-state index contributed by atoms with van der Waals surface area (Å²) >= 11 is 12.7. The molecule has 0 heterocycles. The smallest absolute Gasteiger partial charge is 0.358 e. The van der Waals surface area contributed by atoms with Crippen LogP contribution in [0.3, 0.4) is 0 Å². The molecule has 8 heteroatoms. The van der Waals surface area contributed by atoms with Crippen LogP contribution >= 0.6 is 23.2 Å². The van der Waals surface area contributed by atoms with Gasteiger partial charge in [0.15, 0.2) is 11.5 Å². The minimum Gasteiger partial charge on any atom is -0.490 e. The van der Waals surface area contributed by atoms with Crippen molar-refractivity contribution in [1.29, 1.82) is 0 Å². The highest BCUT2D eigenvalue weighted by molar-refractivity contribution is 6.42. The van der Waals surface area contributed by atoms with Gasteiger partial charge in [0.1, 0.15) is 19.5 Å². The standard InChI is InChI=1S/C22H25Cl2NO5/c1-22(2,3)9-10-29-20-17(23)11-15(12-18(20)24)30-13-14-7-5-6-8-16(14)19(21(26)27)25-28-4/h5-8,11-12H,9-10,13H2,1-4H3,(H,26,27)/b25-19+. The molecular formula is C22H25Cl2NO5. The number of halogens is 2. The molecule has 0 spiro atoms. The van der Waals surface area contributed by atoms with Crippen molar-refractivity contribution >= 4 is 34.9 Å². The summed E-state index contributed by atoms with van der Waals surface area (Å²) in [5.74, 6) is -0.355. The number of carboxylic acid groups (broad SMARTS) is 1. The van der Waals surface area contributed by atoms with Crippen LogP contribution in [0.4, 0.5) is 0 Å². The first kappa shape index (κ1) is 23.8. The van der Waals surface area contributed by atoms with Crippen LogP contribution in [0.25, 0.3) is 0 Å². The van der Waals surface area contributed by atoms with E-state index < -0.39 is 5.97 Å². The van der Waals surface area contributed by atoms with Crippen molar-refractivity contribution in [2.45, 2.75) is 33.8 Å². The van der Waals surface area contributed by atoms with Gasteiger partial charge in [-0.2, -0.15) is 0 Å². The number of hydrogen-bond acceptors (Lipinski definition) is 5. The monoisotopic (exact) mass is 453 g/mol. The lowest BCUT2D eigenvalue weighted by Crippen LogP contribution is -2.17. The number of oxime groups is 1. The van der Waals surface area contributed by atoms with Crippen LogP contribution in [0.1, 0.15) is 38.3 Å². The average molecular weight is 454 g/mol. The molecule has 0 amide bonds. The molecule has 2 aromatic carbocycles. The number of rotatable bonds is 9. The van der Waals surface area contributed by atoms with Crippen molar-refractivity contribution < 1.29 is 24.2 Å². The Bertz CT molecular complexity index is 899. The Morgan fingerprint density at radius 1 is 1.10 bits per heavy atom. The van der Waals surface area contributed by atoms with Gasteiger partial charge in [0, 0.05) is 17.7 Å². The molecule has 1 N–H and O–H groups in total. The Morgan fingerprint density at radius 3 is 2.30 bits per heavy atom. The first-order valence-corrected chi connectivity index (χ1v) is 10.1. The number of carboxylic acids is 1. The van der Waals surface area contributed by atoms with Crippen molar-refractivity contribution in [3.63, 3.8) is 0 Å². The van der Waals surface area contributed by atoms with Crippen LogP contribution < -0.4 is 9.47 Å². The minimum atomic E-state index is -1.20. The Hall–Kier alpha value is -2.44. The number of nitrogens with zero attached hydrogens (tertiary/aromatic N) is 1.